The highest BCUT2D eigenvalue weighted by atomic mass is 16.5. The molecule has 2 atom stereocenters. The van der Waals surface area contributed by atoms with Crippen LogP contribution in [-0.2, 0) is 4.74 Å². The summed E-state index contributed by atoms with van der Waals surface area (Å²) in [4.78, 5) is 0. The zero-order valence-corrected chi connectivity index (χ0v) is 8.75. The van der Waals surface area contributed by atoms with Gasteiger partial charge in [-0.3, -0.25) is 0 Å². The van der Waals surface area contributed by atoms with E-state index in [1.807, 2.05) is 0 Å². The van der Waals surface area contributed by atoms with Crippen molar-refractivity contribution >= 4 is 0 Å². The summed E-state index contributed by atoms with van der Waals surface area (Å²) in [6, 6.07) is 0. The summed E-state index contributed by atoms with van der Waals surface area (Å²) in [5.74, 6) is 0.538. The van der Waals surface area contributed by atoms with Crippen LogP contribution in [0.15, 0.2) is 11.8 Å². The summed E-state index contributed by atoms with van der Waals surface area (Å²) in [6.45, 7) is 4.65. The van der Waals surface area contributed by atoms with Gasteiger partial charge >= 0.3 is 0 Å². The smallest absolute Gasteiger partial charge is 0.102 e. The lowest BCUT2D eigenvalue weighted by molar-refractivity contribution is 0.0225. The fraction of sp³-hybridized carbons (Fsp3) is 0.818. The van der Waals surface area contributed by atoms with Crippen molar-refractivity contribution in [2.45, 2.75) is 31.8 Å². The van der Waals surface area contributed by atoms with Gasteiger partial charge in [-0.25, -0.2) is 0 Å². The molecule has 0 amide bonds. The first kappa shape index (κ1) is 9.99. The molecular formula is C11H19NO2. The summed E-state index contributed by atoms with van der Waals surface area (Å²) in [5.41, 5.74) is 0.417. The molecule has 80 valence electrons. The van der Waals surface area contributed by atoms with Gasteiger partial charge in [0.25, 0.3) is 0 Å². The van der Waals surface area contributed by atoms with E-state index in [4.69, 9.17) is 4.74 Å². The molecule has 3 heteroatoms. The van der Waals surface area contributed by atoms with Gasteiger partial charge in [-0.2, -0.15) is 0 Å². The highest BCUT2D eigenvalue weighted by molar-refractivity contribution is 5.18. The minimum atomic E-state index is -0.655. The van der Waals surface area contributed by atoms with Crippen molar-refractivity contribution in [3.8, 4) is 0 Å². The molecule has 14 heavy (non-hydrogen) atoms. The molecule has 2 aliphatic rings. The van der Waals surface area contributed by atoms with Gasteiger partial charge in [0.1, 0.15) is 5.60 Å². The van der Waals surface area contributed by atoms with Crippen molar-refractivity contribution in [3.63, 3.8) is 0 Å². The maximum absolute atomic E-state index is 10.5. The number of rotatable bonds is 1. The lowest BCUT2D eigenvalue weighted by Gasteiger charge is -2.38. The first-order valence-electron chi connectivity index (χ1n) is 5.45. The Kier molecular flexibility index (Phi) is 2.79. The van der Waals surface area contributed by atoms with Crippen LogP contribution in [0.4, 0.5) is 0 Å². The Morgan fingerprint density at radius 1 is 1.64 bits per heavy atom. The van der Waals surface area contributed by atoms with Gasteiger partial charge in [0.15, 0.2) is 0 Å². The molecule has 0 radical (unpaired) electrons. The van der Waals surface area contributed by atoms with Crippen LogP contribution in [0.2, 0.25) is 0 Å². The molecule has 0 aromatic heterocycles. The summed E-state index contributed by atoms with van der Waals surface area (Å²) in [7, 11) is 0. The van der Waals surface area contributed by atoms with Gasteiger partial charge in [0, 0.05) is 6.54 Å². The number of nitrogens with one attached hydrogen (secondary N) is 1. The van der Waals surface area contributed by atoms with Gasteiger partial charge in [-0.15, -0.1) is 0 Å². The number of ether oxygens (including phenoxy) is 1. The molecule has 2 heterocycles. The van der Waals surface area contributed by atoms with Gasteiger partial charge in [-0.05, 0) is 37.3 Å². The Balaban J connectivity index is 2.09. The minimum Gasteiger partial charge on any atom is -0.501 e. The van der Waals surface area contributed by atoms with Gasteiger partial charge in [0.2, 0.25) is 0 Å². The lowest BCUT2D eigenvalue weighted by atomic mass is 9.80. The molecule has 0 aromatic carbocycles. The van der Waals surface area contributed by atoms with Crippen LogP contribution in [0.3, 0.4) is 0 Å². The van der Waals surface area contributed by atoms with E-state index in [-0.39, 0.29) is 0 Å². The fourth-order valence-electron chi connectivity index (χ4n) is 2.40. The zero-order valence-electron chi connectivity index (χ0n) is 8.75. The SMILES string of the molecule is CC1CNCC(O)(C2=COCCC2)C1. The highest BCUT2D eigenvalue weighted by Gasteiger charge is 2.36. The zero-order chi connectivity index (χ0) is 10.0. The molecule has 2 aliphatic heterocycles. The van der Waals surface area contributed by atoms with Crippen molar-refractivity contribution < 1.29 is 9.84 Å². The van der Waals surface area contributed by atoms with Crippen LogP contribution in [0.25, 0.3) is 0 Å². The molecule has 0 aliphatic carbocycles. The van der Waals surface area contributed by atoms with Gasteiger partial charge < -0.3 is 15.2 Å². The number of hydrogen-bond donors (Lipinski definition) is 2. The van der Waals surface area contributed by atoms with Crippen molar-refractivity contribution in [2.24, 2.45) is 5.92 Å². The molecule has 2 rings (SSSR count). The normalized spacial score (nSPS) is 38.7. The van der Waals surface area contributed by atoms with Gasteiger partial charge in [0.05, 0.1) is 12.9 Å². The minimum absolute atomic E-state index is 0.538. The summed E-state index contributed by atoms with van der Waals surface area (Å²) in [6.07, 6.45) is 4.63. The van der Waals surface area contributed by atoms with Crippen molar-refractivity contribution in [3.05, 3.63) is 11.8 Å². The molecule has 0 bridgehead atoms. The Morgan fingerprint density at radius 2 is 2.50 bits per heavy atom. The Labute approximate surface area is 85.1 Å². The number of hydrogen-bond acceptors (Lipinski definition) is 3. The van der Waals surface area contributed by atoms with E-state index in [1.165, 1.54) is 0 Å². The van der Waals surface area contributed by atoms with Crippen LogP contribution in [0, 0.1) is 5.92 Å². The van der Waals surface area contributed by atoms with Crippen molar-refractivity contribution in [1.82, 2.24) is 5.32 Å². The Hall–Kier alpha value is -0.540. The fourth-order valence-corrected chi connectivity index (χ4v) is 2.40. The molecule has 0 saturated carbocycles. The average molecular weight is 197 g/mol. The van der Waals surface area contributed by atoms with Crippen LogP contribution >= 0.6 is 0 Å². The monoisotopic (exact) mass is 197 g/mol. The van der Waals surface area contributed by atoms with Crippen LogP contribution in [0.5, 0.6) is 0 Å². The topological polar surface area (TPSA) is 41.5 Å². The van der Waals surface area contributed by atoms with Gasteiger partial charge in [-0.1, -0.05) is 6.92 Å². The number of aliphatic hydroxyl groups is 1. The standard InChI is InChI=1S/C11H19NO2/c1-9-5-11(13,8-12-6-9)10-3-2-4-14-7-10/h7,9,12-13H,2-6,8H2,1H3. The molecule has 0 spiro atoms. The van der Waals surface area contributed by atoms with E-state index >= 15 is 0 Å². The lowest BCUT2D eigenvalue weighted by Crippen LogP contribution is -2.50. The number of piperidine rings is 1. The quantitative estimate of drug-likeness (QED) is 0.660. The summed E-state index contributed by atoms with van der Waals surface area (Å²) >= 11 is 0. The maximum Gasteiger partial charge on any atom is 0.102 e. The van der Waals surface area contributed by atoms with Crippen molar-refractivity contribution in [2.75, 3.05) is 19.7 Å². The predicted octanol–water partition coefficient (Wildman–Crippen LogP) is 1.04. The number of β-amino-alcohol motifs (C(OH)–C–C–N with tert-alkyl or cyclic N) is 1. The molecule has 2 N–H and O–H groups in total. The van der Waals surface area contributed by atoms with E-state index < -0.39 is 5.60 Å². The molecular weight excluding hydrogens is 178 g/mol. The van der Waals surface area contributed by atoms with Crippen LogP contribution in [-0.4, -0.2) is 30.4 Å². The maximum atomic E-state index is 10.5. The van der Waals surface area contributed by atoms with E-state index in [0.717, 1.165) is 38.0 Å². The third kappa shape index (κ3) is 1.93. The highest BCUT2D eigenvalue weighted by Crippen LogP contribution is 2.32. The second-order valence-electron chi connectivity index (χ2n) is 4.59. The van der Waals surface area contributed by atoms with E-state index in [9.17, 15) is 5.11 Å². The average Bonchev–Trinajstić information content (AvgIpc) is 2.19. The van der Waals surface area contributed by atoms with E-state index in [2.05, 4.69) is 12.2 Å². The van der Waals surface area contributed by atoms with E-state index in [0.29, 0.717) is 12.5 Å². The predicted molar refractivity (Wildman–Crippen MR) is 54.9 cm³/mol. The van der Waals surface area contributed by atoms with Crippen LogP contribution < -0.4 is 5.32 Å². The first-order chi connectivity index (χ1) is 6.71. The second-order valence-corrected chi connectivity index (χ2v) is 4.59. The third-order valence-electron chi connectivity index (χ3n) is 3.13. The molecule has 1 saturated heterocycles. The van der Waals surface area contributed by atoms with Crippen molar-refractivity contribution in [1.29, 1.82) is 0 Å². The molecule has 1 fully saturated rings. The van der Waals surface area contributed by atoms with Crippen LogP contribution in [0.1, 0.15) is 26.2 Å². The van der Waals surface area contributed by atoms with E-state index in [1.54, 1.807) is 6.26 Å². The molecule has 0 aromatic rings. The Morgan fingerprint density at radius 3 is 3.14 bits per heavy atom. The summed E-state index contributed by atoms with van der Waals surface area (Å²) in [5, 5.41) is 13.7. The largest absolute Gasteiger partial charge is 0.501 e. The molecule has 2 unspecified atom stereocenters. The summed E-state index contributed by atoms with van der Waals surface area (Å²) < 4.78 is 5.29. The third-order valence-corrected chi connectivity index (χ3v) is 3.13. The Bertz CT molecular complexity index is 239. The first-order valence-corrected chi connectivity index (χ1v) is 5.45. The second kappa shape index (κ2) is 3.91. The molecule has 3 nitrogen and oxygen atoms in total.